The Labute approximate surface area is 249 Å². The van der Waals surface area contributed by atoms with Crippen LogP contribution in [0.15, 0.2) is 36.4 Å². The summed E-state index contributed by atoms with van der Waals surface area (Å²) in [6.07, 6.45) is -1.05. The summed E-state index contributed by atoms with van der Waals surface area (Å²) in [4.78, 5) is 33.4. The Bertz CT molecular complexity index is 1640. The van der Waals surface area contributed by atoms with Gasteiger partial charge in [-0.1, -0.05) is 18.2 Å². The molecule has 5 rings (SSSR count). The van der Waals surface area contributed by atoms with E-state index in [9.17, 15) is 29.7 Å². The van der Waals surface area contributed by atoms with E-state index in [4.69, 9.17) is 42.9 Å². The van der Waals surface area contributed by atoms with Crippen molar-refractivity contribution in [2.24, 2.45) is 0 Å². The van der Waals surface area contributed by atoms with E-state index in [-0.39, 0.29) is 89.7 Å². The Kier molecular flexibility index (Phi) is 8.32. The molecule has 1 spiro atoms. The van der Waals surface area contributed by atoms with E-state index in [1.165, 1.54) is 36.4 Å². The highest BCUT2D eigenvalue weighted by Crippen LogP contribution is 2.71. The molecule has 2 heterocycles. The molecule has 0 radical (unpaired) electrons. The normalized spacial score (nSPS) is 16.4. The van der Waals surface area contributed by atoms with E-state index in [0.717, 1.165) is 0 Å². The Hall–Kier alpha value is -5.30. The number of ether oxygens (including phenoxy) is 2. The van der Waals surface area contributed by atoms with Crippen LogP contribution >= 0.6 is 8.17 Å². The minimum Gasteiger partial charge on any atom is -0.504 e. The molecule has 1 atom stereocenters. The molecule has 0 saturated heterocycles. The number of phenolic OH excluding ortho intramolecular Hbond substituents is 3. The quantitative estimate of drug-likeness (QED) is 0.182. The molecule has 0 aromatic heterocycles. The number of benzene rings is 3. The second kappa shape index (κ2) is 12.1. The van der Waals surface area contributed by atoms with Crippen molar-refractivity contribution in [3.05, 3.63) is 53.1 Å². The molecule has 15 nitrogen and oxygen atoms in total. The van der Waals surface area contributed by atoms with Gasteiger partial charge in [0.05, 0.1) is 0 Å². The molecule has 44 heavy (non-hydrogen) atoms. The van der Waals surface area contributed by atoms with Crippen LogP contribution in [-0.4, -0.2) is 55.3 Å². The first kappa shape index (κ1) is 30.2. The van der Waals surface area contributed by atoms with Crippen molar-refractivity contribution in [2.45, 2.75) is 38.5 Å². The van der Waals surface area contributed by atoms with Crippen LogP contribution in [0.4, 0.5) is 0 Å². The van der Waals surface area contributed by atoms with Crippen molar-refractivity contribution in [3.63, 3.8) is 0 Å². The Morgan fingerprint density at radius 2 is 0.932 bits per heavy atom. The number of hydrogen-bond acceptors (Lipinski definition) is 12. The maximum Gasteiger partial charge on any atom is 0.767 e. The van der Waals surface area contributed by atoms with E-state index >= 15 is 0 Å². The lowest BCUT2D eigenvalue weighted by atomic mass is 10.1. The van der Waals surface area contributed by atoms with Crippen LogP contribution in [0.2, 0.25) is 0 Å². The van der Waals surface area contributed by atoms with Crippen LogP contribution in [0.3, 0.4) is 0 Å². The van der Waals surface area contributed by atoms with Crippen LogP contribution < -0.4 is 27.6 Å². The average molecular weight is 633 g/mol. The third-order valence-electron chi connectivity index (χ3n) is 6.61. The second-order valence-electron chi connectivity index (χ2n) is 9.60. The fourth-order valence-electron chi connectivity index (χ4n) is 4.41. The Balaban J connectivity index is 1.59. The lowest BCUT2D eigenvalue weighted by molar-refractivity contribution is -0.138. The third-order valence-corrected chi connectivity index (χ3v) is 8.26. The number of fused-ring (bicyclic) bond motifs is 3. The van der Waals surface area contributed by atoms with Gasteiger partial charge in [0.2, 0.25) is 24.0 Å². The number of phenols is 3. The monoisotopic (exact) mass is 633 g/mol. The molecule has 0 bridgehead atoms. The first-order valence-electron chi connectivity index (χ1n) is 13.1. The van der Waals surface area contributed by atoms with Crippen molar-refractivity contribution in [2.75, 3.05) is 6.79 Å². The fourth-order valence-corrected chi connectivity index (χ4v) is 6.20. The fraction of sp³-hybridized carbons (Fsp3) is 0.250. The number of rotatable bonds is 9. The smallest absolute Gasteiger partial charge is 0.504 e. The van der Waals surface area contributed by atoms with E-state index in [2.05, 4.69) is 0 Å². The summed E-state index contributed by atoms with van der Waals surface area (Å²) >= 11 is 0. The predicted molar refractivity (Wildman–Crippen MR) is 148 cm³/mol. The van der Waals surface area contributed by atoms with E-state index in [1.807, 2.05) is 0 Å². The third kappa shape index (κ3) is 6.22. The minimum atomic E-state index is -4.26. The molecule has 6 N–H and O–H groups in total. The van der Waals surface area contributed by atoms with Gasteiger partial charge in [0.15, 0.2) is 23.0 Å². The Morgan fingerprint density at radius 1 is 0.545 bits per heavy atom. The minimum absolute atomic E-state index is 0.0426. The standard InChI is InChI=1S/C28H25O15P/c29-20(30)10-4-14-2-8-18-26(23(14)35)39-13-38-17-7-1-15(5-11-21(31)32)24(36)27(17)42-44(40-18)41-19-9-3-16(6-12-22(33)34)25(37)28(19)43-44/h1-3,7-9H,4-6,10-13H2,(H5-,29,30,31,32,33,34,35,36,37)/p+1. The number of aryl methyl sites for hydroxylation is 3. The first-order valence-corrected chi connectivity index (χ1v) is 14.6. The van der Waals surface area contributed by atoms with Gasteiger partial charge < -0.3 is 40.1 Å². The number of aliphatic carboxylic acids is 3. The van der Waals surface area contributed by atoms with Gasteiger partial charge in [-0.05, 0) is 54.2 Å². The van der Waals surface area contributed by atoms with Crippen molar-refractivity contribution >= 4 is 26.1 Å². The van der Waals surface area contributed by atoms with Gasteiger partial charge >= 0.3 is 26.1 Å². The largest absolute Gasteiger partial charge is 0.767 e. The van der Waals surface area contributed by atoms with Gasteiger partial charge in [0.1, 0.15) is 0 Å². The SMILES string of the molecule is O=C(O)CCc1ccc2c(c1O)OCOc1ccc(CCC(=O)O)c(O)c1O[P+]1(O2)Oc2ccc(CCC(=O)O)c(O)c2O1. The van der Waals surface area contributed by atoms with Gasteiger partial charge in [0.25, 0.3) is 11.5 Å². The summed E-state index contributed by atoms with van der Waals surface area (Å²) in [5.74, 6) is -5.89. The molecule has 0 amide bonds. The van der Waals surface area contributed by atoms with E-state index in [1.54, 1.807) is 0 Å². The summed E-state index contributed by atoms with van der Waals surface area (Å²) in [6, 6.07) is 8.36. The lowest BCUT2D eigenvalue weighted by Gasteiger charge is -2.22. The van der Waals surface area contributed by atoms with Crippen LogP contribution in [0.25, 0.3) is 0 Å². The molecule has 0 saturated carbocycles. The summed E-state index contributed by atoms with van der Waals surface area (Å²) in [6.45, 7) is -0.544. The maximum absolute atomic E-state index is 11.2. The number of aromatic hydroxyl groups is 3. The van der Waals surface area contributed by atoms with Gasteiger partial charge in [-0.3, -0.25) is 14.4 Å². The van der Waals surface area contributed by atoms with Crippen molar-refractivity contribution < 1.29 is 72.6 Å². The van der Waals surface area contributed by atoms with Crippen LogP contribution in [0, 0.1) is 0 Å². The molecule has 16 heteroatoms. The highest BCUT2D eigenvalue weighted by molar-refractivity contribution is 7.58. The number of carboxylic acids is 3. The van der Waals surface area contributed by atoms with Gasteiger partial charge in [-0.25, -0.2) is 18.1 Å². The topological polar surface area (TPSA) is 228 Å². The number of hydrogen-bond donors (Lipinski definition) is 6. The zero-order valence-corrected chi connectivity index (χ0v) is 23.6. The maximum atomic E-state index is 11.2. The molecule has 232 valence electrons. The summed E-state index contributed by atoms with van der Waals surface area (Å²) in [7, 11) is -4.26. The molecule has 3 aromatic rings. The molecule has 3 aromatic carbocycles. The molecule has 2 aliphatic heterocycles. The van der Waals surface area contributed by atoms with Gasteiger partial charge in [-0.2, -0.15) is 0 Å². The summed E-state index contributed by atoms with van der Waals surface area (Å²) in [5, 5.41) is 60.3. The molecule has 0 fully saturated rings. The van der Waals surface area contributed by atoms with Gasteiger partial charge in [0, 0.05) is 19.3 Å². The highest BCUT2D eigenvalue weighted by Gasteiger charge is 2.64. The second-order valence-corrected chi connectivity index (χ2v) is 11.2. The predicted octanol–water partition coefficient (Wildman–Crippen LogP) is 4.19. The molecule has 2 aliphatic rings. The van der Waals surface area contributed by atoms with E-state index < -0.39 is 50.1 Å². The summed E-state index contributed by atoms with van der Waals surface area (Å²) in [5.41, 5.74) is 0.629. The average Bonchev–Trinajstić information content (AvgIpc) is 3.33. The highest BCUT2D eigenvalue weighted by atomic mass is 31.2. The number of carbonyl (C=O) groups is 3. The van der Waals surface area contributed by atoms with E-state index in [0.29, 0.717) is 0 Å². The Morgan fingerprint density at radius 3 is 1.39 bits per heavy atom. The van der Waals surface area contributed by atoms with Crippen LogP contribution in [0.1, 0.15) is 36.0 Å². The van der Waals surface area contributed by atoms with Crippen LogP contribution in [0.5, 0.6) is 51.7 Å². The zero-order valence-electron chi connectivity index (χ0n) is 22.7. The molecule has 0 aliphatic carbocycles. The molecular weight excluding hydrogens is 607 g/mol. The molecular formula is C28H26O15P+. The van der Waals surface area contributed by atoms with Crippen LogP contribution in [-0.2, 0) is 33.6 Å². The summed E-state index contributed by atoms with van der Waals surface area (Å²) < 4.78 is 35.5. The van der Waals surface area contributed by atoms with Crippen molar-refractivity contribution in [1.82, 2.24) is 0 Å². The van der Waals surface area contributed by atoms with Crippen molar-refractivity contribution in [1.29, 1.82) is 0 Å². The van der Waals surface area contributed by atoms with Crippen molar-refractivity contribution in [3.8, 4) is 51.7 Å². The first-order chi connectivity index (χ1) is 21.0. The van der Waals surface area contributed by atoms with Gasteiger partial charge in [-0.15, -0.1) is 0 Å². The lowest BCUT2D eigenvalue weighted by Crippen LogP contribution is -2.19. The zero-order chi connectivity index (χ0) is 31.6. The number of carboxylic acid groups (broad SMARTS) is 3. The molecule has 1 unspecified atom stereocenters.